The van der Waals surface area contributed by atoms with Crippen molar-refractivity contribution in [3.8, 4) is 0 Å². The van der Waals surface area contributed by atoms with E-state index in [4.69, 9.17) is 0 Å². The van der Waals surface area contributed by atoms with E-state index in [0.717, 1.165) is 24.6 Å². The molecule has 1 aliphatic rings. The van der Waals surface area contributed by atoms with E-state index in [0.29, 0.717) is 11.3 Å². The summed E-state index contributed by atoms with van der Waals surface area (Å²) in [7, 11) is 0. The lowest BCUT2D eigenvalue weighted by atomic mass is 10.1. The zero-order chi connectivity index (χ0) is 13.1. The van der Waals surface area contributed by atoms with Crippen molar-refractivity contribution >= 4 is 28.9 Å². The van der Waals surface area contributed by atoms with Gasteiger partial charge in [-0.05, 0) is 19.1 Å². The van der Waals surface area contributed by atoms with E-state index in [1.807, 2.05) is 16.7 Å². The van der Waals surface area contributed by atoms with E-state index in [9.17, 15) is 14.9 Å². The predicted molar refractivity (Wildman–Crippen MR) is 72.6 cm³/mol. The molecule has 0 aliphatic carbocycles. The second kappa shape index (κ2) is 5.39. The molecule has 1 fully saturated rings. The minimum Gasteiger partial charge on any atom is -0.364 e. The number of hydrogen-bond acceptors (Lipinski definition) is 5. The normalized spacial score (nSPS) is 15.5. The van der Waals surface area contributed by atoms with Crippen molar-refractivity contribution in [2.45, 2.75) is 6.92 Å². The van der Waals surface area contributed by atoms with Crippen LogP contribution in [-0.2, 0) is 0 Å². The monoisotopic (exact) mass is 266 g/mol. The Kier molecular flexibility index (Phi) is 3.86. The number of nitro benzene ring substituents is 1. The first-order chi connectivity index (χ1) is 8.59. The van der Waals surface area contributed by atoms with Crippen molar-refractivity contribution in [3.63, 3.8) is 0 Å². The molecule has 0 spiro atoms. The van der Waals surface area contributed by atoms with Crippen molar-refractivity contribution in [1.29, 1.82) is 0 Å². The summed E-state index contributed by atoms with van der Waals surface area (Å²) in [4.78, 5) is 24.0. The average Bonchev–Trinajstić information content (AvgIpc) is 2.39. The van der Waals surface area contributed by atoms with Crippen LogP contribution in [0.4, 0.5) is 11.4 Å². The molecule has 1 aromatic rings. The number of rotatable bonds is 3. The number of anilines is 1. The van der Waals surface area contributed by atoms with E-state index >= 15 is 0 Å². The van der Waals surface area contributed by atoms with Crippen molar-refractivity contribution in [1.82, 2.24) is 0 Å². The van der Waals surface area contributed by atoms with Gasteiger partial charge in [-0.1, -0.05) is 0 Å². The number of nitro groups is 1. The zero-order valence-electron chi connectivity index (χ0n) is 10.1. The lowest BCUT2D eigenvalue weighted by Gasteiger charge is -2.28. The molecular formula is C12H14N2O3S. The number of thioether (sulfide) groups is 1. The Hall–Kier alpha value is -1.56. The summed E-state index contributed by atoms with van der Waals surface area (Å²) in [5.74, 6) is 1.80. The molecule has 0 amide bonds. The number of Topliss-reactive ketones (excluding diaryl/α,β-unsaturated/α-hetero) is 1. The highest BCUT2D eigenvalue weighted by Crippen LogP contribution is 2.31. The smallest absolute Gasteiger partial charge is 0.293 e. The molecule has 0 aromatic heterocycles. The van der Waals surface area contributed by atoms with Gasteiger partial charge in [-0.15, -0.1) is 0 Å². The summed E-state index contributed by atoms with van der Waals surface area (Å²) >= 11 is 1.85. The summed E-state index contributed by atoms with van der Waals surface area (Å²) < 4.78 is 0. The highest BCUT2D eigenvalue weighted by Gasteiger charge is 2.22. The SMILES string of the molecule is CC(=O)c1ccc(N2CCSCC2)c([N+](=O)[O-])c1. The third-order valence-corrected chi connectivity index (χ3v) is 3.87. The molecule has 0 atom stereocenters. The molecule has 0 bridgehead atoms. The minimum absolute atomic E-state index is 0.0228. The lowest BCUT2D eigenvalue weighted by Crippen LogP contribution is -2.32. The highest BCUT2D eigenvalue weighted by atomic mass is 32.2. The summed E-state index contributed by atoms with van der Waals surface area (Å²) in [5, 5.41) is 11.1. The van der Waals surface area contributed by atoms with E-state index in [2.05, 4.69) is 0 Å². The van der Waals surface area contributed by atoms with Crippen LogP contribution in [-0.4, -0.2) is 35.3 Å². The van der Waals surface area contributed by atoms with Crippen LogP contribution in [0, 0.1) is 10.1 Å². The lowest BCUT2D eigenvalue weighted by molar-refractivity contribution is -0.384. The molecule has 0 unspecified atom stereocenters. The van der Waals surface area contributed by atoms with E-state index in [1.165, 1.54) is 13.0 Å². The molecule has 1 aliphatic heterocycles. The molecule has 96 valence electrons. The first kappa shape index (κ1) is 12.9. The second-order valence-corrected chi connectivity index (χ2v) is 5.34. The Morgan fingerprint density at radius 3 is 2.61 bits per heavy atom. The predicted octanol–water partition coefficient (Wildman–Crippen LogP) is 2.35. The van der Waals surface area contributed by atoms with Gasteiger partial charge in [0.15, 0.2) is 5.78 Å². The average molecular weight is 266 g/mol. The molecule has 0 radical (unpaired) electrons. The van der Waals surface area contributed by atoms with E-state index < -0.39 is 4.92 Å². The van der Waals surface area contributed by atoms with Crippen LogP contribution in [0.25, 0.3) is 0 Å². The number of nitrogens with zero attached hydrogens (tertiary/aromatic N) is 2. The van der Waals surface area contributed by atoms with Gasteiger partial charge < -0.3 is 4.90 Å². The van der Waals surface area contributed by atoms with Crippen molar-refractivity contribution < 1.29 is 9.72 Å². The first-order valence-corrected chi connectivity index (χ1v) is 6.87. The second-order valence-electron chi connectivity index (χ2n) is 4.12. The third kappa shape index (κ3) is 2.64. The molecule has 6 heteroatoms. The largest absolute Gasteiger partial charge is 0.364 e. The molecular weight excluding hydrogens is 252 g/mol. The number of ketones is 1. The van der Waals surface area contributed by atoms with Gasteiger partial charge in [0.25, 0.3) is 5.69 Å². The van der Waals surface area contributed by atoms with Crippen molar-refractivity contribution in [2.24, 2.45) is 0 Å². The Labute approximate surface area is 109 Å². The maximum Gasteiger partial charge on any atom is 0.293 e. The molecule has 1 aromatic carbocycles. The van der Waals surface area contributed by atoms with Crippen LogP contribution < -0.4 is 4.90 Å². The first-order valence-electron chi connectivity index (χ1n) is 5.71. The van der Waals surface area contributed by atoms with E-state index in [1.54, 1.807) is 12.1 Å². The Morgan fingerprint density at radius 2 is 2.06 bits per heavy atom. The third-order valence-electron chi connectivity index (χ3n) is 2.93. The number of carbonyl (C=O) groups is 1. The molecule has 0 N–H and O–H groups in total. The fourth-order valence-corrected chi connectivity index (χ4v) is 2.86. The van der Waals surface area contributed by atoms with Crippen LogP contribution in [0.2, 0.25) is 0 Å². The van der Waals surface area contributed by atoms with Crippen molar-refractivity contribution in [2.75, 3.05) is 29.5 Å². The van der Waals surface area contributed by atoms with Crippen LogP contribution in [0.15, 0.2) is 18.2 Å². The quantitative estimate of drug-likeness (QED) is 0.477. The number of benzene rings is 1. The molecule has 1 heterocycles. The topological polar surface area (TPSA) is 63.5 Å². The van der Waals surface area contributed by atoms with Gasteiger partial charge in [-0.25, -0.2) is 0 Å². The molecule has 0 saturated carbocycles. The van der Waals surface area contributed by atoms with Crippen LogP contribution in [0.5, 0.6) is 0 Å². The Bertz CT molecular complexity index is 484. The fourth-order valence-electron chi connectivity index (χ4n) is 1.96. The summed E-state index contributed by atoms with van der Waals surface area (Å²) in [6.07, 6.45) is 0. The summed E-state index contributed by atoms with van der Waals surface area (Å²) in [5.41, 5.74) is 1.02. The van der Waals surface area contributed by atoms with Gasteiger partial charge in [0.2, 0.25) is 0 Å². The highest BCUT2D eigenvalue weighted by molar-refractivity contribution is 7.99. The van der Waals surface area contributed by atoms with Crippen LogP contribution in [0.1, 0.15) is 17.3 Å². The Balaban J connectivity index is 2.39. The number of carbonyl (C=O) groups excluding carboxylic acids is 1. The molecule has 2 rings (SSSR count). The van der Waals surface area contributed by atoms with Gasteiger partial charge in [0, 0.05) is 36.2 Å². The van der Waals surface area contributed by atoms with Crippen LogP contribution >= 0.6 is 11.8 Å². The van der Waals surface area contributed by atoms with Gasteiger partial charge in [0.1, 0.15) is 5.69 Å². The van der Waals surface area contributed by atoms with E-state index in [-0.39, 0.29) is 11.5 Å². The van der Waals surface area contributed by atoms with Crippen molar-refractivity contribution in [3.05, 3.63) is 33.9 Å². The fraction of sp³-hybridized carbons (Fsp3) is 0.417. The maximum absolute atomic E-state index is 11.3. The van der Waals surface area contributed by atoms with Crippen LogP contribution in [0.3, 0.4) is 0 Å². The van der Waals surface area contributed by atoms with Gasteiger partial charge in [-0.2, -0.15) is 11.8 Å². The standard InChI is InChI=1S/C12H14N2O3S/c1-9(15)10-2-3-11(12(8-10)14(16)17)13-4-6-18-7-5-13/h2-3,8H,4-7H2,1H3. The molecule has 1 saturated heterocycles. The maximum atomic E-state index is 11.3. The molecule has 18 heavy (non-hydrogen) atoms. The Morgan fingerprint density at radius 1 is 1.39 bits per heavy atom. The summed E-state index contributed by atoms with van der Waals surface area (Å²) in [6.45, 7) is 3.03. The van der Waals surface area contributed by atoms with Gasteiger partial charge in [0.05, 0.1) is 4.92 Å². The minimum atomic E-state index is -0.413. The number of hydrogen-bond donors (Lipinski definition) is 0. The zero-order valence-corrected chi connectivity index (χ0v) is 10.9. The molecule has 5 nitrogen and oxygen atoms in total. The van der Waals surface area contributed by atoms with Gasteiger partial charge in [-0.3, -0.25) is 14.9 Å². The van der Waals surface area contributed by atoms with Gasteiger partial charge >= 0.3 is 0 Å². The summed E-state index contributed by atoms with van der Waals surface area (Å²) in [6, 6.07) is 4.72.